The first kappa shape index (κ1) is 11.3. The van der Waals surface area contributed by atoms with Crippen molar-refractivity contribution in [3.8, 4) is 6.07 Å². The van der Waals surface area contributed by atoms with Crippen molar-refractivity contribution >= 4 is 39.1 Å². The molecule has 20 heavy (non-hydrogen) atoms. The lowest BCUT2D eigenvalue weighted by molar-refractivity contribution is 1.23. The van der Waals surface area contributed by atoms with Gasteiger partial charge >= 0.3 is 0 Å². The van der Waals surface area contributed by atoms with E-state index in [0.717, 1.165) is 21.8 Å². The molecular weight excluding hydrogens is 270 g/mol. The van der Waals surface area contributed by atoms with Crippen molar-refractivity contribution in [1.29, 1.82) is 5.26 Å². The van der Waals surface area contributed by atoms with Gasteiger partial charge < -0.3 is 0 Å². The molecule has 0 amide bonds. The zero-order valence-electron chi connectivity index (χ0n) is 10.3. The first-order valence-electron chi connectivity index (χ1n) is 6.17. The maximum Gasteiger partial charge on any atom is 0.156 e. The van der Waals surface area contributed by atoms with Gasteiger partial charge in [-0.25, -0.2) is 4.98 Å². The lowest BCUT2D eigenvalue weighted by atomic mass is 10.2. The minimum atomic E-state index is 0.600. The van der Waals surface area contributed by atoms with Gasteiger partial charge in [0.05, 0.1) is 11.0 Å². The van der Waals surface area contributed by atoms with Gasteiger partial charge in [-0.1, -0.05) is 29.8 Å². The fourth-order valence-corrected chi connectivity index (χ4v) is 2.82. The molecular formula is C16H8ClN3. The molecule has 0 aliphatic carbocycles. The number of hydrogen-bond acceptors (Lipinski definition) is 2. The Labute approximate surface area is 119 Å². The molecule has 0 saturated carbocycles. The summed E-state index contributed by atoms with van der Waals surface area (Å²) in [4.78, 5) is 4.44. The van der Waals surface area contributed by atoms with Crippen LogP contribution in [-0.2, 0) is 0 Å². The van der Waals surface area contributed by atoms with Crippen LogP contribution in [-0.4, -0.2) is 9.38 Å². The molecule has 0 bridgehead atoms. The number of fused-ring (bicyclic) bond motifs is 5. The second-order valence-electron chi connectivity index (χ2n) is 4.62. The fourth-order valence-electron chi connectivity index (χ4n) is 2.65. The lowest BCUT2D eigenvalue weighted by Crippen LogP contribution is -1.91. The summed E-state index contributed by atoms with van der Waals surface area (Å²) in [5.74, 6) is 0. The molecule has 4 aromatic rings. The minimum Gasteiger partial charge on any atom is -0.293 e. The molecule has 4 rings (SSSR count). The molecule has 3 nitrogen and oxygen atoms in total. The first-order chi connectivity index (χ1) is 9.79. The zero-order valence-corrected chi connectivity index (χ0v) is 11.1. The third-order valence-electron chi connectivity index (χ3n) is 3.52. The maximum atomic E-state index is 9.42. The van der Waals surface area contributed by atoms with Crippen LogP contribution in [0.25, 0.3) is 27.5 Å². The third kappa shape index (κ3) is 1.37. The summed E-state index contributed by atoms with van der Waals surface area (Å²) in [6.45, 7) is 0. The Bertz CT molecular complexity index is 1020. The molecule has 0 atom stereocenters. The number of halogens is 1. The second-order valence-corrected chi connectivity index (χ2v) is 5.06. The number of benzene rings is 2. The molecule has 2 aromatic heterocycles. The zero-order chi connectivity index (χ0) is 13.7. The van der Waals surface area contributed by atoms with Gasteiger partial charge in [-0.3, -0.25) is 4.40 Å². The summed E-state index contributed by atoms with van der Waals surface area (Å²) in [6.07, 6.45) is 1.78. The van der Waals surface area contributed by atoms with E-state index in [1.165, 1.54) is 0 Å². The number of rotatable bonds is 0. The normalized spacial score (nSPS) is 11.2. The Morgan fingerprint density at radius 1 is 1.10 bits per heavy atom. The maximum absolute atomic E-state index is 9.42. The van der Waals surface area contributed by atoms with Crippen LogP contribution in [0.2, 0.25) is 5.02 Å². The summed E-state index contributed by atoms with van der Waals surface area (Å²) < 4.78 is 2.00. The molecule has 0 unspecified atom stereocenters. The summed E-state index contributed by atoms with van der Waals surface area (Å²) in [5.41, 5.74) is 3.20. The fraction of sp³-hybridized carbons (Fsp3) is 0. The minimum absolute atomic E-state index is 0.600. The SMILES string of the molecule is N#Cc1c2ccccc2n2c1ncc1ccc(Cl)cc12. The summed E-state index contributed by atoms with van der Waals surface area (Å²) >= 11 is 6.11. The molecule has 0 spiro atoms. The first-order valence-corrected chi connectivity index (χ1v) is 6.55. The Hall–Kier alpha value is -2.57. The van der Waals surface area contributed by atoms with Crippen LogP contribution in [0.4, 0.5) is 0 Å². The van der Waals surface area contributed by atoms with E-state index in [9.17, 15) is 5.26 Å². The van der Waals surface area contributed by atoms with Crippen molar-refractivity contribution in [3.63, 3.8) is 0 Å². The number of para-hydroxylation sites is 1. The highest BCUT2D eigenvalue weighted by Gasteiger charge is 2.14. The van der Waals surface area contributed by atoms with E-state index >= 15 is 0 Å². The van der Waals surface area contributed by atoms with Gasteiger partial charge in [0.15, 0.2) is 5.65 Å². The van der Waals surface area contributed by atoms with Gasteiger partial charge in [0.2, 0.25) is 0 Å². The third-order valence-corrected chi connectivity index (χ3v) is 3.76. The van der Waals surface area contributed by atoms with Crippen molar-refractivity contribution in [2.45, 2.75) is 0 Å². The molecule has 0 saturated heterocycles. The molecule has 0 aliphatic rings. The second kappa shape index (κ2) is 3.96. The van der Waals surface area contributed by atoms with E-state index in [1.54, 1.807) is 6.20 Å². The molecule has 2 heterocycles. The summed E-state index contributed by atoms with van der Waals surface area (Å²) in [7, 11) is 0. The van der Waals surface area contributed by atoms with Crippen LogP contribution < -0.4 is 0 Å². The van der Waals surface area contributed by atoms with E-state index < -0.39 is 0 Å². The van der Waals surface area contributed by atoms with Gasteiger partial charge in [-0.15, -0.1) is 0 Å². The molecule has 0 aliphatic heterocycles. The summed E-state index contributed by atoms with van der Waals surface area (Å²) in [5, 5.41) is 12.0. The average Bonchev–Trinajstić information content (AvgIpc) is 2.81. The number of nitrogens with zero attached hydrogens (tertiary/aromatic N) is 3. The van der Waals surface area contributed by atoms with Crippen LogP contribution in [0.5, 0.6) is 0 Å². The molecule has 0 N–H and O–H groups in total. The Morgan fingerprint density at radius 3 is 2.80 bits per heavy atom. The molecule has 2 aromatic carbocycles. The van der Waals surface area contributed by atoms with Crippen LogP contribution in [0.1, 0.15) is 5.56 Å². The molecule has 4 heteroatoms. The van der Waals surface area contributed by atoms with Gasteiger partial charge in [0.25, 0.3) is 0 Å². The Balaban J connectivity index is 2.39. The standard InChI is InChI=1S/C16H8ClN3/c17-11-6-5-10-9-19-16-13(8-18)12-3-1-2-4-14(12)20(16)15(10)7-11/h1-7,9H. The summed E-state index contributed by atoms with van der Waals surface area (Å²) in [6, 6.07) is 15.8. The van der Waals surface area contributed by atoms with Gasteiger partial charge in [-0.05, 0) is 24.3 Å². The molecule has 0 radical (unpaired) electrons. The van der Waals surface area contributed by atoms with Crippen LogP contribution in [0, 0.1) is 11.3 Å². The predicted molar refractivity (Wildman–Crippen MR) is 79.9 cm³/mol. The average molecular weight is 278 g/mol. The number of aromatic nitrogens is 2. The highest BCUT2D eigenvalue weighted by molar-refractivity contribution is 6.31. The Kier molecular flexibility index (Phi) is 2.23. The predicted octanol–water partition coefficient (Wildman–Crippen LogP) is 4.17. The monoisotopic (exact) mass is 277 g/mol. The van der Waals surface area contributed by atoms with Gasteiger partial charge in [0, 0.05) is 22.0 Å². The highest BCUT2D eigenvalue weighted by atomic mass is 35.5. The number of nitriles is 1. The number of hydrogen-bond donors (Lipinski definition) is 0. The van der Waals surface area contributed by atoms with Crippen LogP contribution in [0.3, 0.4) is 0 Å². The van der Waals surface area contributed by atoms with E-state index in [0.29, 0.717) is 16.2 Å². The van der Waals surface area contributed by atoms with E-state index in [2.05, 4.69) is 11.1 Å². The van der Waals surface area contributed by atoms with Gasteiger partial charge in [-0.2, -0.15) is 5.26 Å². The quantitative estimate of drug-likeness (QED) is 0.484. The van der Waals surface area contributed by atoms with Gasteiger partial charge in [0.1, 0.15) is 11.6 Å². The van der Waals surface area contributed by atoms with Crippen molar-refractivity contribution in [1.82, 2.24) is 9.38 Å². The topological polar surface area (TPSA) is 41.1 Å². The van der Waals surface area contributed by atoms with Crippen molar-refractivity contribution in [2.24, 2.45) is 0 Å². The van der Waals surface area contributed by atoms with Crippen LogP contribution in [0.15, 0.2) is 48.7 Å². The lowest BCUT2D eigenvalue weighted by Gasteiger charge is -2.04. The molecule has 0 fully saturated rings. The smallest absolute Gasteiger partial charge is 0.156 e. The largest absolute Gasteiger partial charge is 0.293 e. The van der Waals surface area contributed by atoms with E-state index in [-0.39, 0.29) is 0 Å². The van der Waals surface area contributed by atoms with Crippen molar-refractivity contribution in [3.05, 3.63) is 59.2 Å². The highest BCUT2D eigenvalue weighted by Crippen LogP contribution is 2.29. The Morgan fingerprint density at radius 2 is 1.95 bits per heavy atom. The van der Waals surface area contributed by atoms with Crippen molar-refractivity contribution < 1.29 is 0 Å². The van der Waals surface area contributed by atoms with Crippen LogP contribution >= 0.6 is 11.6 Å². The van der Waals surface area contributed by atoms with E-state index in [4.69, 9.17) is 11.6 Å². The molecule has 94 valence electrons. The van der Waals surface area contributed by atoms with Crippen molar-refractivity contribution in [2.75, 3.05) is 0 Å². The van der Waals surface area contributed by atoms with E-state index in [1.807, 2.05) is 46.9 Å².